The lowest BCUT2D eigenvalue weighted by Gasteiger charge is -2.31. The molecule has 0 N–H and O–H groups in total. The number of ether oxygens (including phenoxy) is 1. The molecule has 0 bridgehead atoms. The molecule has 2 aliphatic heterocycles. The third-order valence-electron chi connectivity index (χ3n) is 5.86. The molecule has 0 aliphatic carbocycles. The molecule has 0 aromatic heterocycles. The zero-order chi connectivity index (χ0) is 24.5. The normalized spacial score (nSPS) is 21.1. The van der Waals surface area contributed by atoms with Crippen molar-refractivity contribution in [2.24, 2.45) is 0 Å². The summed E-state index contributed by atoms with van der Waals surface area (Å²) in [5.74, 6) is -1.07. The molecule has 9 heteroatoms. The van der Waals surface area contributed by atoms with E-state index in [1.807, 2.05) is 18.2 Å². The average molecular weight is 497 g/mol. The van der Waals surface area contributed by atoms with Crippen molar-refractivity contribution in [3.05, 3.63) is 81.4 Å². The van der Waals surface area contributed by atoms with Crippen LogP contribution in [0.4, 0.5) is 0 Å². The second-order valence-corrected chi connectivity index (χ2v) is 10.9. The van der Waals surface area contributed by atoms with E-state index in [0.717, 1.165) is 10.5 Å². The summed E-state index contributed by atoms with van der Waals surface area (Å²) in [5.41, 5.74) is 1.95. The fourth-order valence-corrected chi connectivity index (χ4v) is 5.81. The molecule has 1 fully saturated rings. The summed E-state index contributed by atoms with van der Waals surface area (Å²) in [4.78, 5) is 27.0. The van der Waals surface area contributed by atoms with Gasteiger partial charge >= 0.3 is 0 Å². The standard InChI is InChI=1S/C25H21ClN2O5S/c1-16-22(24(29)28(25(30)23(16)13-27)20-10-11-34(31,32)15-20)12-17-4-8-21(9-5-17)33-14-18-2-6-19(26)7-3-18/h2-9,12,20H,10-11,14-15H2,1H3/b22-12+. The quantitative estimate of drug-likeness (QED) is 0.461. The topological polar surface area (TPSA) is 105 Å². The maximum atomic E-state index is 13.2. The predicted octanol–water partition coefficient (Wildman–Crippen LogP) is 3.70. The van der Waals surface area contributed by atoms with Gasteiger partial charge in [0.15, 0.2) is 9.84 Å². The number of nitrogens with zero attached hydrogens (tertiary/aromatic N) is 2. The number of hydrogen-bond donors (Lipinski definition) is 0. The van der Waals surface area contributed by atoms with E-state index in [9.17, 15) is 23.3 Å². The van der Waals surface area contributed by atoms with Crippen molar-refractivity contribution in [1.29, 1.82) is 5.26 Å². The van der Waals surface area contributed by atoms with Crippen molar-refractivity contribution in [2.75, 3.05) is 11.5 Å². The minimum atomic E-state index is -3.32. The smallest absolute Gasteiger partial charge is 0.271 e. The highest BCUT2D eigenvalue weighted by Crippen LogP contribution is 2.31. The van der Waals surface area contributed by atoms with Gasteiger partial charge in [0.1, 0.15) is 24.0 Å². The van der Waals surface area contributed by atoms with E-state index >= 15 is 0 Å². The summed E-state index contributed by atoms with van der Waals surface area (Å²) in [6.45, 7) is 1.91. The molecule has 2 aromatic rings. The Kier molecular flexibility index (Phi) is 6.60. The minimum Gasteiger partial charge on any atom is -0.489 e. The van der Waals surface area contributed by atoms with E-state index < -0.39 is 27.7 Å². The maximum absolute atomic E-state index is 13.2. The first kappa shape index (κ1) is 23.7. The molecule has 2 heterocycles. The Bertz CT molecular complexity index is 1350. The van der Waals surface area contributed by atoms with E-state index in [-0.39, 0.29) is 34.6 Å². The summed E-state index contributed by atoms with van der Waals surface area (Å²) in [5, 5.41) is 10.2. The number of nitriles is 1. The zero-order valence-corrected chi connectivity index (χ0v) is 19.9. The van der Waals surface area contributed by atoms with Crippen LogP contribution in [0.5, 0.6) is 5.75 Å². The van der Waals surface area contributed by atoms with Crippen LogP contribution in [-0.2, 0) is 26.0 Å². The number of amides is 2. The molecule has 1 unspecified atom stereocenters. The van der Waals surface area contributed by atoms with Crippen LogP contribution in [0.1, 0.15) is 24.5 Å². The average Bonchev–Trinajstić information content (AvgIpc) is 3.16. The Labute approximate surface area is 202 Å². The van der Waals surface area contributed by atoms with Crippen molar-refractivity contribution in [3.63, 3.8) is 0 Å². The molecular weight excluding hydrogens is 476 g/mol. The number of hydrogen-bond acceptors (Lipinski definition) is 6. The van der Waals surface area contributed by atoms with Gasteiger partial charge in [-0.25, -0.2) is 8.42 Å². The van der Waals surface area contributed by atoms with E-state index in [0.29, 0.717) is 22.9 Å². The zero-order valence-electron chi connectivity index (χ0n) is 18.3. The van der Waals surface area contributed by atoms with Gasteiger partial charge in [0.25, 0.3) is 11.8 Å². The summed E-state index contributed by atoms with van der Waals surface area (Å²) in [7, 11) is -3.32. The third kappa shape index (κ3) is 4.91. The molecule has 2 aromatic carbocycles. The molecule has 2 aliphatic rings. The monoisotopic (exact) mass is 496 g/mol. The van der Waals surface area contributed by atoms with Gasteiger partial charge in [0.05, 0.1) is 17.5 Å². The summed E-state index contributed by atoms with van der Waals surface area (Å²) in [6, 6.07) is 15.5. The Hall–Kier alpha value is -3.41. The fraction of sp³-hybridized carbons (Fsp3) is 0.240. The molecule has 1 atom stereocenters. The molecule has 0 saturated carbocycles. The van der Waals surface area contributed by atoms with Crippen molar-refractivity contribution in [2.45, 2.75) is 26.0 Å². The molecule has 0 radical (unpaired) electrons. The molecule has 34 heavy (non-hydrogen) atoms. The first-order valence-electron chi connectivity index (χ1n) is 10.6. The minimum absolute atomic E-state index is 0.0875. The molecule has 1 saturated heterocycles. The van der Waals surface area contributed by atoms with Crippen LogP contribution >= 0.6 is 11.6 Å². The van der Waals surface area contributed by atoms with E-state index in [1.165, 1.54) is 0 Å². The van der Waals surface area contributed by atoms with Gasteiger partial charge in [-0.1, -0.05) is 35.9 Å². The van der Waals surface area contributed by atoms with E-state index in [4.69, 9.17) is 16.3 Å². The van der Waals surface area contributed by atoms with E-state index in [2.05, 4.69) is 0 Å². The molecular formula is C25H21ClN2O5S. The lowest BCUT2D eigenvalue weighted by atomic mass is 9.92. The summed E-state index contributed by atoms with van der Waals surface area (Å²) < 4.78 is 29.6. The molecule has 7 nitrogen and oxygen atoms in total. The van der Waals surface area contributed by atoms with Crippen molar-refractivity contribution < 1.29 is 22.7 Å². The van der Waals surface area contributed by atoms with Gasteiger partial charge in [-0.05, 0) is 60.4 Å². The van der Waals surface area contributed by atoms with Crippen LogP contribution in [0, 0.1) is 11.3 Å². The van der Waals surface area contributed by atoms with E-state index in [1.54, 1.807) is 49.4 Å². The summed E-state index contributed by atoms with van der Waals surface area (Å²) in [6.07, 6.45) is 1.77. The maximum Gasteiger partial charge on any atom is 0.271 e. The SMILES string of the molecule is CC1=C(C#N)C(=O)N(C2CCS(=O)(=O)C2)C(=O)/C1=C/c1ccc(OCc2ccc(Cl)cc2)cc1. The summed E-state index contributed by atoms with van der Waals surface area (Å²) >= 11 is 5.89. The first-order valence-corrected chi connectivity index (χ1v) is 12.8. The predicted molar refractivity (Wildman–Crippen MR) is 127 cm³/mol. The van der Waals surface area contributed by atoms with Crippen LogP contribution in [0.2, 0.25) is 5.02 Å². The van der Waals surface area contributed by atoms with Crippen molar-refractivity contribution in [3.8, 4) is 11.8 Å². The van der Waals surface area contributed by atoms with Gasteiger partial charge in [0, 0.05) is 10.6 Å². The lowest BCUT2D eigenvalue weighted by molar-refractivity contribution is -0.142. The number of rotatable bonds is 5. The van der Waals surface area contributed by atoms with Crippen molar-refractivity contribution in [1.82, 2.24) is 4.90 Å². The number of halogens is 1. The van der Waals surface area contributed by atoms with Crippen LogP contribution in [0.25, 0.3) is 6.08 Å². The number of carbonyl (C=O) groups excluding carboxylic acids is 2. The largest absolute Gasteiger partial charge is 0.489 e. The van der Waals surface area contributed by atoms with Crippen LogP contribution in [0.3, 0.4) is 0 Å². The third-order valence-corrected chi connectivity index (χ3v) is 7.86. The molecule has 174 valence electrons. The molecule has 0 spiro atoms. The number of benzene rings is 2. The van der Waals surface area contributed by atoms with Gasteiger partial charge < -0.3 is 4.74 Å². The Morgan fingerprint density at radius 3 is 2.38 bits per heavy atom. The molecule has 4 rings (SSSR count). The van der Waals surface area contributed by atoms with Crippen LogP contribution < -0.4 is 4.74 Å². The highest BCUT2D eigenvalue weighted by Gasteiger charge is 2.43. The fourth-order valence-electron chi connectivity index (χ4n) is 3.98. The van der Waals surface area contributed by atoms with Gasteiger partial charge in [-0.3, -0.25) is 14.5 Å². The number of imide groups is 1. The Morgan fingerprint density at radius 1 is 1.12 bits per heavy atom. The highest BCUT2D eigenvalue weighted by molar-refractivity contribution is 7.91. The second kappa shape index (κ2) is 9.45. The van der Waals surface area contributed by atoms with Crippen molar-refractivity contribution >= 4 is 39.3 Å². The van der Waals surface area contributed by atoms with Crippen LogP contribution in [0.15, 0.2) is 65.3 Å². The van der Waals surface area contributed by atoms with Gasteiger partial charge in [-0.2, -0.15) is 5.26 Å². The highest BCUT2D eigenvalue weighted by atomic mass is 35.5. The Balaban J connectivity index is 1.57. The van der Waals surface area contributed by atoms with Gasteiger partial charge in [0.2, 0.25) is 0 Å². The lowest BCUT2D eigenvalue weighted by Crippen LogP contribution is -2.49. The Morgan fingerprint density at radius 2 is 1.79 bits per heavy atom. The number of sulfone groups is 1. The number of carbonyl (C=O) groups is 2. The van der Waals surface area contributed by atoms with Gasteiger partial charge in [-0.15, -0.1) is 0 Å². The second-order valence-electron chi connectivity index (χ2n) is 8.19. The first-order chi connectivity index (χ1) is 16.2. The molecule has 2 amide bonds. The van der Waals surface area contributed by atoms with Crippen LogP contribution in [-0.4, -0.2) is 42.7 Å².